The molecular weight excluding hydrogens is 363 g/mol. The van der Waals surface area contributed by atoms with E-state index in [2.05, 4.69) is 10.3 Å². The molecule has 1 amide bonds. The Hall–Kier alpha value is -3.35. The van der Waals surface area contributed by atoms with E-state index in [1.165, 1.54) is 12.3 Å². The number of nitrogens with one attached hydrogen (secondary N) is 1. The van der Waals surface area contributed by atoms with Gasteiger partial charge < -0.3 is 19.2 Å². The normalized spacial score (nSPS) is 10.5. The third-order valence-corrected chi connectivity index (χ3v) is 4.23. The monoisotopic (exact) mass is 384 g/mol. The highest BCUT2D eigenvalue weighted by molar-refractivity contribution is 5.76. The highest BCUT2D eigenvalue weighted by Gasteiger charge is 2.12. The molecular formula is C21H21FN2O4. The fraction of sp³-hybridized carbons (Fsp3) is 0.238. The van der Waals surface area contributed by atoms with E-state index >= 15 is 0 Å². The number of amides is 1. The van der Waals surface area contributed by atoms with Gasteiger partial charge in [-0.25, -0.2) is 9.37 Å². The number of benzene rings is 2. The summed E-state index contributed by atoms with van der Waals surface area (Å²) in [6.45, 7) is 0.331. The van der Waals surface area contributed by atoms with Gasteiger partial charge >= 0.3 is 0 Å². The molecule has 6 nitrogen and oxygen atoms in total. The summed E-state index contributed by atoms with van der Waals surface area (Å²) < 4.78 is 29.8. The number of carbonyl (C=O) groups excluding carboxylic acids is 1. The number of aryl methyl sites for hydroxylation is 1. The quantitative estimate of drug-likeness (QED) is 0.640. The van der Waals surface area contributed by atoms with Gasteiger partial charge in [-0.05, 0) is 24.3 Å². The Bertz CT molecular complexity index is 955. The average Bonchev–Trinajstić information content (AvgIpc) is 3.19. The van der Waals surface area contributed by atoms with E-state index < -0.39 is 0 Å². The molecule has 0 unspecified atom stereocenters. The molecule has 146 valence electrons. The first-order valence-electron chi connectivity index (χ1n) is 8.78. The minimum Gasteiger partial charge on any atom is -0.497 e. The van der Waals surface area contributed by atoms with Gasteiger partial charge in [0, 0.05) is 31.0 Å². The van der Waals surface area contributed by atoms with Crippen LogP contribution in [0.5, 0.6) is 11.5 Å². The molecule has 0 bridgehead atoms. The minimum absolute atomic E-state index is 0.150. The highest BCUT2D eigenvalue weighted by atomic mass is 19.1. The summed E-state index contributed by atoms with van der Waals surface area (Å²) >= 11 is 0. The maximum Gasteiger partial charge on any atom is 0.220 e. The van der Waals surface area contributed by atoms with Crippen LogP contribution in [0.15, 0.2) is 53.1 Å². The summed E-state index contributed by atoms with van der Waals surface area (Å²) in [5.41, 5.74) is 1.19. The Morgan fingerprint density at radius 3 is 2.75 bits per heavy atom. The average molecular weight is 384 g/mol. The molecule has 0 aliphatic rings. The van der Waals surface area contributed by atoms with Crippen LogP contribution < -0.4 is 14.8 Å². The van der Waals surface area contributed by atoms with Crippen LogP contribution in [-0.4, -0.2) is 25.1 Å². The van der Waals surface area contributed by atoms with Gasteiger partial charge in [0.25, 0.3) is 0 Å². The zero-order valence-electron chi connectivity index (χ0n) is 15.7. The lowest BCUT2D eigenvalue weighted by Gasteiger charge is -2.11. The molecule has 0 aliphatic heterocycles. The molecule has 2 aromatic carbocycles. The van der Waals surface area contributed by atoms with Crippen molar-refractivity contribution in [2.45, 2.75) is 19.4 Å². The number of halogens is 1. The van der Waals surface area contributed by atoms with Crippen LogP contribution in [0, 0.1) is 5.82 Å². The zero-order valence-corrected chi connectivity index (χ0v) is 15.7. The van der Waals surface area contributed by atoms with Crippen molar-refractivity contribution < 1.29 is 23.1 Å². The maximum atomic E-state index is 13.8. The molecule has 0 aliphatic carbocycles. The Morgan fingerprint density at radius 2 is 2.00 bits per heavy atom. The number of oxazole rings is 1. The molecule has 1 N–H and O–H groups in total. The van der Waals surface area contributed by atoms with E-state index in [1.807, 2.05) is 6.07 Å². The van der Waals surface area contributed by atoms with Gasteiger partial charge in [0.05, 0.1) is 26.0 Å². The summed E-state index contributed by atoms with van der Waals surface area (Å²) in [5, 5.41) is 2.84. The first-order valence-corrected chi connectivity index (χ1v) is 8.78. The number of hydrogen-bond acceptors (Lipinski definition) is 5. The third kappa shape index (κ3) is 4.68. The van der Waals surface area contributed by atoms with E-state index in [0.717, 1.165) is 5.56 Å². The van der Waals surface area contributed by atoms with Crippen LogP contribution in [0.4, 0.5) is 4.39 Å². The van der Waals surface area contributed by atoms with Crippen LogP contribution in [-0.2, 0) is 17.8 Å². The third-order valence-electron chi connectivity index (χ3n) is 4.23. The van der Waals surface area contributed by atoms with Crippen molar-refractivity contribution in [3.63, 3.8) is 0 Å². The molecule has 0 radical (unpaired) electrons. The molecule has 1 heterocycles. The Labute approximate surface area is 162 Å². The molecule has 3 rings (SSSR count). The van der Waals surface area contributed by atoms with Crippen LogP contribution in [0.1, 0.15) is 17.9 Å². The van der Waals surface area contributed by atoms with Crippen molar-refractivity contribution in [3.05, 3.63) is 65.9 Å². The van der Waals surface area contributed by atoms with Crippen molar-refractivity contribution in [2.24, 2.45) is 0 Å². The van der Waals surface area contributed by atoms with E-state index in [0.29, 0.717) is 41.7 Å². The molecule has 0 fully saturated rings. The topological polar surface area (TPSA) is 73.6 Å². The van der Waals surface area contributed by atoms with Gasteiger partial charge in [-0.15, -0.1) is 0 Å². The van der Waals surface area contributed by atoms with Crippen LogP contribution in [0.3, 0.4) is 0 Å². The SMILES string of the molecule is COc1ccc(CNC(=O)CCc2ncc(-c3ccccc3F)o2)c(OC)c1. The second-order valence-corrected chi connectivity index (χ2v) is 6.05. The predicted molar refractivity (Wildman–Crippen MR) is 102 cm³/mol. The minimum atomic E-state index is -0.378. The molecule has 28 heavy (non-hydrogen) atoms. The fourth-order valence-electron chi connectivity index (χ4n) is 2.71. The number of aromatic nitrogens is 1. The smallest absolute Gasteiger partial charge is 0.220 e. The lowest BCUT2D eigenvalue weighted by atomic mass is 10.2. The number of rotatable bonds is 8. The van der Waals surface area contributed by atoms with Crippen molar-refractivity contribution in [2.75, 3.05) is 14.2 Å². The summed E-state index contributed by atoms with van der Waals surface area (Å²) in [7, 11) is 3.15. The van der Waals surface area contributed by atoms with Gasteiger partial charge in [-0.3, -0.25) is 4.79 Å². The van der Waals surface area contributed by atoms with Gasteiger partial charge in [0.15, 0.2) is 11.7 Å². The van der Waals surface area contributed by atoms with Crippen LogP contribution >= 0.6 is 0 Å². The molecule has 7 heteroatoms. The van der Waals surface area contributed by atoms with E-state index in [4.69, 9.17) is 13.9 Å². The maximum absolute atomic E-state index is 13.8. The Kier molecular flexibility index (Phi) is 6.26. The summed E-state index contributed by atoms with van der Waals surface area (Å²) in [6.07, 6.45) is 1.99. The number of nitrogens with zero attached hydrogens (tertiary/aromatic N) is 1. The first kappa shape index (κ1) is 19.4. The molecule has 0 saturated heterocycles. The van der Waals surface area contributed by atoms with Gasteiger partial charge in [-0.2, -0.15) is 0 Å². The van der Waals surface area contributed by atoms with Crippen molar-refractivity contribution >= 4 is 5.91 Å². The van der Waals surface area contributed by atoms with E-state index in [-0.39, 0.29) is 18.1 Å². The highest BCUT2D eigenvalue weighted by Crippen LogP contribution is 2.25. The lowest BCUT2D eigenvalue weighted by molar-refractivity contribution is -0.121. The zero-order chi connectivity index (χ0) is 19.9. The van der Waals surface area contributed by atoms with Crippen molar-refractivity contribution in [1.82, 2.24) is 10.3 Å². The van der Waals surface area contributed by atoms with Gasteiger partial charge in [0.2, 0.25) is 5.91 Å². The molecule has 0 saturated carbocycles. The lowest BCUT2D eigenvalue weighted by Crippen LogP contribution is -2.23. The molecule has 3 aromatic rings. The number of hydrogen-bond donors (Lipinski definition) is 1. The summed E-state index contributed by atoms with van der Waals surface area (Å²) in [6, 6.07) is 11.7. The molecule has 1 aromatic heterocycles. The number of ether oxygens (including phenoxy) is 2. The van der Waals surface area contributed by atoms with Gasteiger partial charge in [-0.1, -0.05) is 12.1 Å². The second kappa shape index (κ2) is 9.03. The number of methoxy groups -OCH3 is 2. The van der Waals surface area contributed by atoms with Gasteiger partial charge in [0.1, 0.15) is 17.3 Å². The standard InChI is InChI=1S/C21H21FN2O4/c1-26-15-8-7-14(18(11-15)27-2)12-23-20(25)9-10-21-24-13-19(28-21)16-5-3-4-6-17(16)22/h3-8,11,13H,9-10,12H2,1-2H3,(H,23,25). The Morgan fingerprint density at radius 1 is 1.18 bits per heavy atom. The molecule has 0 spiro atoms. The van der Waals surface area contributed by atoms with E-state index in [9.17, 15) is 9.18 Å². The summed E-state index contributed by atoms with van der Waals surface area (Å²) in [5.74, 6) is 1.52. The summed E-state index contributed by atoms with van der Waals surface area (Å²) in [4.78, 5) is 16.3. The Balaban J connectivity index is 1.53. The first-order chi connectivity index (χ1) is 13.6. The van der Waals surface area contributed by atoms with Crippen molar-refractivity contribution in [3.8, 4) is 22.8 Å². The largest absolute Gasteiger partial charge is 0.497 e. The fourth-order valence-corrected chi connectivity index (χ4v) is 2.71. The van der Waals surface area contributed by atoms with E-state index in [1.54, 1.807) is 44.6 Å². The van der Waals surface area contributed by atoms with Crippen LogP contribution in [0.25, 0.3) is 11.3 Å². The second-order valence-electron chi connectivity index (χ2n) is 6.05. The molecule has 0 atom stereocenters. The number of carbonyl (C=O) groups is 1. The van der Waals surface area contributed by atoms with Crippen molar-refractivity contribution in [1.29, 1.82) is 0 Å². The van der Waals surface area contributed by atoms with Crippen LogP contribution in [0.2, 0.25) is 0 Å². The predicted octanol–water partition coefficient (Wildman–Crippen LogP) is 3.75.